The minimum absolute atomic E-state index is 0. The van der Waals surface area contributed by atoms with Gasteiger partial charge in [0.15, 0.2) is 0 Å². The monoisotopic (exact) mass is 399 g/mol. The minimum atomic E-state index is 0. The summed E-state index contributed by atoms with van der Waals surface area (Å²) in [6.45, 7) is 5.38. The summed E-state index contributed by atoms with van der Waals surface area (Å²) >= 11 is 0. The van der Waals surface area contributed by atoms with Crippen LogP contribution in [0.15, 0.2) is 34.7 Å². The van der Waals surface area contributed by atoms with Crippen LogP contribution < -0.4 is 5.73 Å². The van der Waals surface area contributed by atoms with Gasteiger partial charge in [-0.05, 0) is 37.8 Å². The summed E-state index contributed by atoms with van der Waals surface area (Å²) in [5.74, 6) is 1.99. The van der Waals surface area contributed by atoms with Crippen LogP contribution in [-0.2, 0) is 11.2 Å². The van der Waals surface area contributed by atoms with Crippen molar-refractivity contribution < 1.29 is 9.21 Å². The molecule has 0 spiro atoms. The first-order valence-electron chi connectivity index (χ1n) is 8.59. The van der Waals surface area contributed by atoms with Gasteiger partial charge in [-0.15, -0.1) is 24.8 Å². The SMILES string of the molecule is Cc1oc(-c2ccccc2)nc1CC(=O)N1CCC(C)CC1CN.Cl.Cl. The summed E-state index contributed by atoms with van der Waals surface area (Å²) in [4.78, 5) is 19.2. The Labute approximate surface area is 167 Å². The number of carbonyl (C=O) groups is 1. The number of aryl methyl sites for hydroxylation is 1. The number of amides is 1. The summed E-state index contributed by atoms with van der Waals surface area (Å²) < 4.78 is 5.75. The second kappa shape index (κ2) is 9.95. The van der Waals surface area contributed by atoms with Crippen molar-refractivity contribution in [3.8, 4) is 11.5 Å². The van der Waals surface area contributed by atoms with Gasteiger partial charge in [-0.2, -0.15) is 0 Å². The molecule has 1 aromatic carbocycles. The van der Waals surface area contributed by atoms with Crippen LogP contribution >= 0.6 is 24.8 Å². The van der Waals surface area contributed by atoms with Gasteiger partial charge in [0.1, 0.15) is 5.76 Å². The number of aromatic nitrogens is 1. The third-order valence-electron chi connectivity index (χ3n) is 4.80. The van der Waals surface area contributed by atoms with Crippen molar-refractivity contribution >= 4 is 30.7 Å². The molecule has 2 aromatic rings. The number of hydrogen-bond donors (Lipinski definition) is 1. The van der Waals surface area contributed by atoms with Gasteiger partial charge in [0.2, 0.25) is 11.8 Å². The van der Waals surface area contributed by atoms with Crippen molar-refractivity contribution in [1.29, 1.82) is 0 Å². The fraction of sp³-hybridized carbons (Fsp3) is 0.474. The summed E-state index contributed by atoms with van der Waals surface area (Å²) in [7, 11) is 0. The van der Waals surface area contributed by atoms with Crippen molar-refractivity contribution in [3.63, 3.8) is 0 Å². The predicted molar refractivity (Wildman–Crippen MR) is 108 cm³/mol. The first kappa shape index (κ1) is 22.5. The second-order valence-corrected chi connectivity index (χ2v) is 6.67. The van der Waals surface area contributed by atoms with E-state index in [0.29, 0.717) is 29.8 Å². The number of halogens is 2. The Morgan fingerprint density at radius 3 is 2.65 bits per heavy atom. The van der Waals surface area contributed by atoms with Gasteiger partial charge in [-0.1, -0.05) is 25.1 Å². The van der Waals surface area contributed by atoms with E-state index in [1.165, 1.54) is 0 Å². The molecule has 1 aromatic heterocycles. The number of hydrogen-bond acceptors (Lipinski definition) is 4. The minimum Gasteiger partial charge on any atom is -0.441 e. The molecule has 2 atom stereocenters. The largest absolute Gasteiger partial charge is 0.441 e. The molecule has 0 bridgehead atoms. The molecule has 1 amide bonds. The van der Waals surface area contributed by atoms with Crippen LogP contribution in [-0.4, -0.2) is 34.9 Å². The topological polar surface area (TPSA) is 72.4 Å². The zero-order valence-corrected chi connectivity index (χ0v) is 16.8. The smallest absolute Gasteiger partial charge is 0.229 e. The lowest BCUT2D eigenvalue weighted by Crippen LogP contribution is -2.49. The average Bonchev–Trinajstić information content (AvgIpc) is 2.96. The Hall–Kier alpha value is -1.56. The van der Waals surface area contributed by atoms with Gasteiger partial charge in [0.25, 0.3) is 0 Å². The maximum atomic E-state index is 12.7. The fourth-order valence-corrected chi connectivity index (χ4v) is 3.34. The Bertz CT molecular complexity index is 706. The van der Waals surface area contributed by atoms with Gasteiger partial charge in [-0.3, -0.25) is 4.79 Å². The number of rotatable bonds is 4. The molecule has 2 unspecified atom stereocenters. The number of nitrogens with zero attached hydrogens (tertiary/aromatic N) is 2. The molecule has 144 valence electrons. The molecule has 2 N–H and O–H groups in total. The van der Waals surface area contributed by atoms with Gasteiger partial charge >= 0.3 is 0 Å². The fourth-order valence-electron chi connectivity index (χ4n) is 3.34. The summed E-state index contributed by atoms with van der Waals surface area (Å²) in [5.41, 5.74) is 7.51. The van der Waals surface area contributed by atoms with Gasteiger partial charge in [-0.25, -0.2) is 4.98 Å². The van der Waals surface area contributed by atoms with Crippen LogP contribution in [0.3, 0.4) is 0 Å². The molecule has 2 heterocycles. The maximum Gasteiger partial charge on any atom is 0.229 e. The van der Waals surface area contributed by atoms with Crippen LogP contribution in [0.1, 0.15) is 31.2 Å². The Balaban J connectivity index is 0.00000169. The highest BCUT2D eigenvalue weighted by Crippen LogP contribution is 2.25. The van der Waals surface area contributed by atoms with Crippen LogP contribution in [0, 0.1) is 12.8 Å². The first-order chi connectivity index (χ1) is 11.6. The van der Waals surface area contributed by atoms with E-state index in [-0.39, 0.29) is 43.2 Å². The third kappa shape index (κ3) is 5.00. The predicted octanol–water partition coefficient (Wildman–Crippen LogP) is 3.62. The summed E-state index contributed by atoms with van der Waals surface area (Å²) in [5, 5.41) is 0. The van der Waals surface area contributed by atoms with Gasteiger partial charge in [0.05, 0.1) is 12.1 Å². The molecule has 1 fully saturated rings. The van der Waals surface area contributed by atoms with Crippen molar-refractivity contribution in [1.82, 2.24) is 9.88 Å². The van der Waals surface area contributed by atoms with Crippen molar-refractivity contribution in [2.75, 3.05) is 13.1 Å². The van der Waals surface area contributed by atoms with Gasteiger partial charge < -0.3 is 15.1 Å². The van der Waals surface area contributed by atoms with E-state index < -0.39 is 0 Å². The lowest BCUT2D eigenvalue weighted by atomic mass is 9.92. The molecule has 0 aliphatic carbocycles. The van der Waals surface area contributed by atoms with E-state index in [1.807, 2.05) is 42.2 Å². The Morgan fingerprint density at radius 1 is 1.31 bits per heavy atom. The number of nitrogens with two attached hydrogens (primary N) is 1. The second-order valence-electron chi connectivity index (χ2n) is 6.67. The third-order valence-corrected chi connectivity index (χ3v) is 4.80. The molecule has 1 aliphatic rings. The first-order valence-corrected chi connectivity index (χ1v) is 8.59. The summed E-state index contributed by atoms with van der Waals surface area (Å²) in [6, 6.07) is 9.89. The molecule has 7 heteroatoms. The van der Waals surface area contributed by atoms with E-state index in [9.17, 15) is 4.79 Å². The normalized spacial score (nSPS) is 19.4. The lowest BCUT2D eigenvalue weighted by Gasteiger charge is -2.38. The Kier molecular flexibility index (Phi) is 8.60. The zero-order chi connectivity index (χ0) is 17.1. The van der Waals surface area contributed by atoms with Crippen LogP contribution in [0.2, 0.25) is 0 Å². The molecule has 3 rings (SSSR count). The van der Waals surface area contributed by atoms with Crippen molar-refractivity contribution in [2.24, 2.45) is 11.7 Å². The van der Waals surface area contributed by atoms with Crippen LogP contribution in [0.5, 0.6) is 0 Å². The van der Waals surface area contributed by atoms with Crippen LogP contribution in [0.25, 0.3) is 11.5 Å². The van der Waals surface area contributed by atoms with Gasteiger partial charge in [0, 0.05) is 24.7 Å². The van der Waals surface area contributed by atoms with E-state index in [2.05, 4.69) is 11.9 Å². The molecule has 5 nitrogen and oxygen atoms in total. The molecule has 26 heavy (non-hydrogen) atoms. The van der Waals surface area contributed by atoms with E-state index in [1.54, 1.807) is 0 Å². The molecule has 0 saturated carbocycles. The summed E-state index contributed by atoms with van der Waals surface area (Å²) in [6.07, 6.45) is 2.29. The number of benzene rings is 1. The molecular formula is C19H27Cl2N3O2. The highest BCUT2D eigenvalue weighted by atomic mass is 35.5. The number of likely N-dealkylation sites (tertiary alicyclic amines) is 1. The van der Waals surface area contributed by atoms with Crippen molar-refractivity contribution in [3.05, 3.63) is 41.8 Å². The van der Waals surface area contributed by atoms with E-state index in [0.717, 1.165) is 24.9 Å². The molecular weight excluding hydrogens is 373 g/mol. The highest BCUT2D eigenvalue weighted by Gasteiger charge is 2.29. The zero-order valence-electron chi connectivity index (χ0n) is 15.2. The van der Waals surface area contributed by atoms with E-state index >= 15 is 0 Å². The van der Waals surface area contributed by atoms with Crippen molar-refractivity contribution in [2.45, 2.75) is 39.2 Å². The standard InChI is InChI=1S/C19H25N3O2.2ClH/c1-13-8-9-22(16(10-13)12-20)18(23)11-17-14(2)24-19(21-17)15-6-4-3-5-7-15;;/h3-7,13,16H,8-12,20H2,1-2H3;2*1H. The quantitative estimate of drug-likeness (QED) is 0.851. The maximum absolute atomic E-state index is 12.7. The van der Waals surface area contributed by atoms with Crippen LogP contribution in [0.4, 0.5) is 0 Å². The average molecular weight is 400 g/mol. The number of piperidine rings is 1. The molecule has 1 saturated heterocycles. The lowest BCUT2D eigenvalue weighted by molar-refractivity contribution is -0.134. The molecule has 1 aliphatic heterocycles. The number of oxazole rings is 1. The number of carbonyl (C=O) groups excluding carboxylic acids is 1. The Morgan fingerprint density at radius 2 is 2.00 bits per heavy atom. The highest BCUT2D eigenvalue weighted by molar-refractivity contribution is 5.85. The molecule has 0 radical (unpaired) electrons. The van der Waals surface area contributed by atoms with E-state index in [4.69, 9.17) is 10.2 Å².